The first-order chi connectivity index (χ1) is 11.7. The summed E-state index contributed by atoms with van der Waals surface area (Å²) in [6.45, 7) is 0.457. The van der Waals surface area contributed by atoms with Gasteiger partial charge in [0.05, 0.1) is 5.75 Å². The van der Waals surface area contributed by atoms with Crippen LogP contribution in [-0.4, -0.2) is 31.9 Å². The number of halogens is 1. The monoisotopic (exact) mass is 343 g/mol. The van der Waals surface area contributed by atoms with Crippen molar-refractivity contribution in [1.82, 2.24) is 25.5 Å². The maximum Gasteiger partial charge on any atom is 0.230 e. The van der Waals surface area contributed by atoms with E-state index in [9.17, 15) is 9.18 Å². The largest absolute Gasteiger partial charge is 0.351 e. The van der Waals surface area contributed by atoms with Gasteiger partial charge in [0.1, 0.15) is 11.5 Å². The number of nitrogens with one attached hydrogen (secondary N) is 1. The number of amides is 1. The number of aromatic nitrogens is 4. The predicted molar refractivity (Wildman–Crippen MR) is 88.1 cm³/mol. The Morgan fingerprint density at radius 3 is 2.67 bits per heavy atom. The van der Waals surface area contributed by atoms with E-state index in [0.717, 1.165) is 17.3 Å². The molecule has 2 aromatic carbocycles. The SMILES string of the molecule is O=C(CSc1nnnn1-c1ccccc1F)NCc1ccccc1. The summed E-state index contributed by atoms with van der Waals surface area (Å²) in [6.07, 6.45) is 0. The third kappa shape index (κ3) is 3.96. The van der Waals surface area contributed by atoms with Crippen LogP contribution < -0.4 is 5.32 Å². The lowest BCUT2D eigenvalue weighted by atomic mass is 10.2. The zero-order valence-electron chi connectivity index (χ0n) is 12.6. The lowest BCUT2D eigenvalue weighted by Gasteiger charge is -2.06. The molecule has 0 aliphatic rings. The van der Waals surface area contributed by atoms with Gasteiger partial charge in [-0.25, -0.2) is 4.39 Å². The van der Waals surface area contributed by atoms with Crippen LogP contribution >= 0.6 is 11.8 Å². The van der Waals surface area contributed by atoms with Crippen LogP contribution in [0.5, 0.6) is 0 Å². The van der Waals surface area contributed by atoms with Crippen LogP contribution in [0.15, 0.2) is 59.8 Å². The highest BCUT2D eigenvalue weighted by Gasteiger charge is 2.14. The molecule has 6 nitrogen and oxygen atoms in total. The third-order valence-corrected chi connectivity index (χ3v) is 4.11. The molecule has 1 heterocycles. The van der Waals surface area contributed by atoms with Crippen LogP contribution in [0.2, 0.25) is 0 Å². The fraction of sp³-hybridized carbons (Fsp3) is 0.125. The first-order valence-corrected chi connectivity index (χ1v) is 8.19. The summed E-state index contributed by atoms with van der Waals surface area (Å²) >= 11 is 1.15. The standard InChI is InChI=1S/C16H14FN5OS/c17-13-8-4-5-9-14(13)22-16(19-20-21-22)24-11-15(23)18-10-12-6-2-1-3-7-12/h1-9H,10-11H2,(H,18,23). The summed E-state index contributed by atoms with van der Waals surface area (Å²) in [6, 6.07) is 15.8. The highest BCUT2D eigenvalue weighted by atomic mass is 32.2. The second kappa shape index (κ2) is 7.69. The molecule has 0 atom stereocenters. The lowest BCUT2D eigenvalue weighted by Crippen LogP contribution is -2.24. The molecule has 0 saturated carbocycles. The van der Waals surface area contributed by atoms with Crippen LogP contribution in [0.4, 0.5) is 4.39 Å². The molecule has 24 heavy (non-hydrogen) atoms. The molecule has 3 rings (SSSR count). The average molecular weight is 343 g/mol. The Kier molecular flexibility index (Phi) is 5.17. The quantitative estimate of drug-likeness (QED) is 0.695. The zero-order chi connectivity index (χ0) is 16.8. The van der Waals surface area contributed by atoms with Gasteiger partial charge in [-0.2, -0.15) is 4.68 Å². The number of rotatable bonds is 6. The molecule has 8 heteroatoms. The molecule has 0 aliphatic heterocycles. The smallest absolute Gasteiger partial charge is 0.230 e. The van der Waals surface area contributed by atoms with Gasteiger partial charge in [-0.05, 0) is 28.1 Å². The third-order valence-electron chi connectivity index (χ3n) is 3.19. The van der Waals surface area contributed by atoms with Crippen LogP contribution in [-0.2, 0) is 11.3 Å². The van der Waals surface area contributed by atoms with Crippen molar-refractivity contribution < 1.29 is 9.18 Å². The summed E-state index contributed by atoms with van der Waals surface area (Å²) in [5.74, 6) is -0.436. The van der Waals surface area contributed by atoms with Gasteiger partial charge in [-0.1, -0.05) is 54.2 Å². The molecule has 0 aliphatic carbocycles. The van der Waals surface area contributed by atoms with Gasteiger partial charge in [0.15, 0.2) is 0 Å². The van der Waals surface area contributed by atoms with Crippen LogP contribution in [0.3, 0.4) is 0 Å². The predicted octanol–water partition coefficient (Wildman–Crippen LogP) is 2.21. The van der Waals surface area contributed by atoms with E-state index in [4.69, 9.17) is 0 Å². The number of hydrogen-bond acceptors (Lipinski definition) is 5. The number of thioether (sulfide) groups is 1. The molecule has 1 amide bonds. The van der Waals surface area contributed by atoms with E-state index >= 15 is 0 Å². The molecule has 3 aromatic rings. The highest BCUT2D eigenvalue weighted by Crippen LogP contribution is 2.19. The van der Waals surface area contributed by atoms with Gasteiger partial charge in [0, 0.05) is 6.54 Å². The second-order valence-corrected chi connectivity index (χ2v) is 5.82. The fourth-order valence-electron chi connectivity index (χ4n) is 2.02. The Bertz CT molecular complexity index is 824. The van der Waals surface area contributed by atoms with Gasteiger partial charge in [-0.3, -0.25) is 4.79 Å². The van der Waals surface area contributed by atoms with E-state index in [-0.39, 0.29) is 17.3 Å². The van der Waals surface area contributed by atoms with E-state index in [1.165, 1.54) is 10.7 Å². The number of nitrogens with zero attached hydrogens (tertiary/aromatic N) is 4. The number of hydrogen-bond donors (Lipinski definition) is 1. The molecule has 122 valence electrons. The Labute approximate surface area is 142 Å². The summed E-state index contributed by atoms with van der Waals surface area (Å²) < 4.78 is 15.1. The fourth-order valence-corrected chi connectivity index (χ4v) is 2.73. The Hall–Kier alpha value is -2.74. The maximum atomic E-state index is 13.8. The van der Waals surface area contributed by atoms with Crippen molar-refractivity contribution in [3.63, 3.8) is 0 Å². The van der Waals surface area contributed by atoms with E-state index in [1.54, 1.807) is 18.2 Å². The first-order valence-electron chi connectivity index (χ1n) is 7.21. The van der Waals surface area contributed by atoms with E-state index in [0.29, 0.717) is 11.7 Å². The normalized spacial score (nSPS) is 10.5. The molecule has 0 saturated heterocycles. The number of tetrazole rings is 1. The molecule has 0 bridgehead atoms. The molecular weight excluding hydrogens is 329 g/mol. The molecule has 1 N–H and O–H groups in total. The molecule has 0 radical (unpaired) electrons. The van der Waals surface area contributed by atoms with Crippen molar-refractivity contribution in [2.75, 3.05) is 5.75 Å². The van der Waals surface area contributed by atoms with E-state index in [1.807, 2.05) is 30.3 Å². The molecule has 0 unspecified atom stereocenters. The summed E-state index contributed by atoms with van der Waals surface area (Å²) in [5.41, 5.74) is 1.27. The van der Waals surface area contributed by atoms with Gasteiger partial charge in [0.2, 0.25) is 11.1 Å². The highest BCUT2D eigenvalue weighted by molar-refractivity contribution is 7.99. The van der Waals surface area contributed by atoms with Crippen molar-refractivity contribution in [2.45, 2.75) is 11.7 Å². The van der Waals surface area contributed by atoms with Crippen LogP contribution in [0, 0.1) is 5.82 Å². The lowest BCUT2D eigenvalue weighted by molar-refractivity contribution is -0.118. The number of carbonyl (C=O) groups excluding carboxylic acids is 1. The summed E-state index contributed by atoms with van der Waals surface area (Å²) in [4.78, 5) is 11.9. The average Bonchev–Trinajstić information content (AvgIpc) is 3.08. The number of carbonyl (C=O) groups is 1. The first kappa shape index (κ1) is 16.1. The minimum Gasteiger partial charge on any atom is -0.351 e. The van der Waals surface area contributed by atoms with Crippen molar-refractivity contribution in [1.29, 1.82) is 0 Å². The summed E-state index contributed by atoms with van der Waals surface area (Å²) in [5, 5.41) is 14.4. The van der Waals surface area contributed by atoms with Crippen LogP contribution in [0.1, 0.15) is 5.56 Å². The topological polar surface area (TPSA) is 72.7 Å². The van der Waals surface area contributed by atoms with Gasteiger partial charge < -0.3 is 5.32 Å². The van der Waals surface area contributed by atoms with Crippen molar-refractivity contribution >= 4 is 17.7 Å². The van der Waals surface area contributed by atoms with Crippen molar-refractivity contribution in [3.8, 4) is 5.69 Å². The van der Waals surface area contributed by atoms with Crippen molar-refractivity contribution in [3.05, 3.63) is 66.0 Å². The number of benzene rings is 2. The van der Waals surface area contributed by atoms with E-state index in [2.05, 4.69) is 20.8 Å². The van der Waals surface area contributed by atoms with Gasteiger partial charge in [0.25, 0.3) is 0 Å². The van der Waals surface area contributed by atoms with Gasteiger partial charge >= 0.3 is 0 Å². The van der Waals surface area contributed by atoms with Gasteiger partial charge in [-0.15, -0.1) is 5.10 Å². The van der Waals surface area contributed by atoms with E-state index < -0.39 is 5.82 Å². The minimum atomic E-state index is -0.430. The summed E-state index contributed by atoms with van der Waals surface area (Å²) in [7, 11) is 0. The molecular formula is C16H14FN5OS. The Morgan fingerprint density at radius 2 is 1.88 bits per heavy atom. The maximum absolute atomic E-state index is 13.8. The molecule has 0 spiro atoms. The molecule has 1 aromatic heterocycles. The minimum absolute atomic E-state index is 0.141. The Morgan fingerprint density at radius 1 is 1.12 bits per heavy atom. The number of para-hydroxylation sites is 1. The zero-order valence-corrected chi connectivity index (χ0v) is 13.4. The van der Waals surface area contributed by atoms with Crippen molar-refractivity contribution in [2.24, 2.45) is 0 Å². The second-order valence-electron chi connectivity index (χ2n) is 4.88. The molecule has 0 fully saturated rings. The Balaban J connectivity index is 1.59. The van der Waals surface area contributed by atoms with Crippen LogP contribution in [0.25, 0.3) is 5.69 Å².